The fourth-order valence-electron chi connectivity index (χ4n) is 5.34. The summed E-state index contributed by atoms with van der Waals surface area (Å²) in [4.78, 5) is 13.1. The summed E-state index contributed by atoms with van der Waals surface area (Å²) in [7, 11) is -4.65. The standard InChI is InChI=1S/C31H33N3O3S2/c1-4-11-21-13-9-17-32-29(21)23-19-24(30-22(12-5-2)14-10-18-33-30)31-26(20-23)34(28(6-3)39(35,36)37)25-15-7-8-16-27(25)38-31/h7-10,13-20,28H,4-6,11-12H2,1-3H3,(H,35,36,37)/p-1. The first-order valence-corrected chi connectivity index (χ1v) is 15.7. The molecule has 3 heterocycles. The highest BCUT2D eigenvalue weighted by atomic mass is 32.2. The summed E-state index contributed by atoms with van der Waals surface area (Å²) in [6.45, 7) is 6.02. The van der Waals surface area contributed by atoms with Gasteiger partial charge in [-0.15, -0.1) is 0 Å². The van der Waals surface area contributed by atoms with Crippen LogP contribution in [0.3, 0.4) is 0 Å². The Balaban J connectivity index is 1.87. The van der Waals surface area contributed by atoms with Crippen molar-refractivity contribution < 1.29 is 13.0 Å². The van der Waals surface area contributed by atoms with Gasteiger partial charge < -0.3 is 9.45 Å². The summed E-state index contributed by atoms with van der Waals surface area (Å²) >= 11 is 1.59. The van der Waals surface area contributed by atoms with Gasteiger partial charge in [-0.25, -0.2) is 8.42 Å². The van der Waals surface area contributed by atoms with E-state index in [1.165, 1.54) is 0 Å². The normalized spacial score (nSPS) is 13.6. The molecule has 1 atom stereocenters. The largest absolute Gasteiger partial charge is 0.746 e. The van der Waals surface area contributed by atoms with Crippen LogP contribution in [0.1, 0.15) is 51.2 Å². The molecule has 0 bridgehead atoms. The van der Waals surface area contributed by atoms with Gasteiger partial charge >= 0.3 is 0 Å². The topological polar surface area (TPSA) is 86.2 Å². The summed E-state index contributed by atoms with van der Waals surface area (Å²) in [6.07, 6.45) is 7.41. The Morgan fingerprint density at radius 3 is 2.13 bits per heavy atom. The predicted molar refractivity (Wildman–Crippen MR) is 157 cm³/mol. The van der Waals surface area contributed by atoms with Crippen molar-refractivity contribution in [2.75, 3.05) is 4.90 Å². The number of fused-ring (bicyclic) bond motifs is 2. The maximum Gasteiger partial charge on any atom is 0.124 e. The van der Waals surface area contributed by atoms with Crippen molar-refractivity contribution in [3.8, 4) is 22.5 Å². The highest BCUT2D eigenvalue weighted by Crippen LogP contribution is 2.54. The smallest absolute Gasteiger partial charge is 0.124 e. The number of aromatic nitrogens is 2. The molecule has 6 nitrogen and oxygen atoms in total. The molecule has 0 saturated carbocycles. The second-order valence-electron chi connectivity index (χ2n) is 9.69. The Morgan fingerprint density at radius 2 is 1.49 bits per heavy atom. The number of hydrogen-bond acceptors (Lipinski definition) is 7. The second kappa shape index (κ2) is 11.5. The zero-order chi connectivity index (χ0) is 27.6. The number of hydrogen-bond donors (Lipinski definition) is 0. The number of rotatable bonds is 9. The molecule has 0 amide bonds. The van der Waals surface area contributed by atoms with Crippen LogP contribution in [0.5, 0.6) is 0 Å². The molecule has 8 heteroatoms. The SMILES string of the molecule is CCCc1cccnc1-c1cc(-c2ncccc2CCC)c2c(c1)N(C(CC)S(=O)(=O)[O-])c1ccccc1S2. The first-order chi connectivity index (χ1) is 18.9. The second-order valence-corrected chi connectivity index (χ2v) is 12.3. The van der Waals surface area contributed by atoms with Crippen molar-refractivity contribution in [1.82, 2.24) is 9.97 Å². The van der Waals surface area contributed by atoms with Gasteiger partial charge in [0.25, 0.3) is 0 Å². The summed E-state index contributed by atoms with van der Waals surface area (Å²) in [5.41, 5.74) is 7.19. The van der Waals surface area contributed by atoms with E-state index in [1.54, 1.807) is 36.0 Å². The molecule has 0 spiro atoms. The minimum Gasteiger partial charge on any atom is -0.746 e. The summed E-state index contributed by atoms with van der Waals surface area (Å²) < 4.78 is 37.9. The quantitative estimate of drug-likeness (QED) is 0.196. The molecule has 1 unspecified atom stereocenters. The van der Waals surface area contributed by atoms with Gasteiger partial charge in [-0.3, -0.25) is 9.97 Å². The number of aryl methyl sites for hydroxylation is 2. The summed E-state index contributed by atoms with van der Waals surface area (Å²) in [5, 5.41) is -1.25. The van der Waals surface area contributed by atoms with Crippen LogP contribution in [0.2, 0.25) is 0 Å². The van der Waals surface area contributed by atoms with E-state index in [4.69, 9.17) is 9.97 Å². The van der Waals surface area contributed by atoms with Crippen molar-refractivity contribution in [2.24, 2.45) is 0 Å². The van der Waals surface area contributed by atoms with Crippen LogP contribution in [-0.2, 0) is 23.0 Å². The Morgan fingerprint density at radius 1 is 0.846 bits per heavy atom. The number of para-hydroxylation sites is 1. The van der Waals surface area contributed by atoms with E-state index in [1.807, 2.05) is 42.5 Å². The Hall–Kier alpha value is -3.20. The van der Waals surface area contributed by atoms with Crippen molar-refractivity contribution in [1.29, 1.82) is 0 Å². The third-order valence-corrected chi connectivity index (χ3v) is 9.39. The molecule has 4 aromatic rings. The maximum absolute atomic E-state index is 12.6. The molecule has 1 aliphatic heterocycles. The lowest BCUT2D eigenvalue weighted by Crippen LogP contribution is -2.39. The van der Waals surface area contributed by atoms with Crippen LogP contribution in [-0.4, -0.2) is 28.3 Å². The molecule has 202 valence electrons. The van der Waals surface area contributed by atoms with E-state index in [0.717, 1.165) is 69.1 Å². The van der Waals surface area contributed by atoms with Crippen molar-refractivity contribution in [2.45, 2.75) is 68.0 Å². The first kappa shape index (κ1) is 27.4. The van der Waals surface area contributed by atoms with Gasteiger partial charge in [-0.05, 0) is 66.8 Å². The van der Waals surface area contributed by atoms with Crippen LogP contribution < -0.4 is 4.90 Å². The molecule has 0 radical (unpaired) electrons. The highest BCUT2D eigenvalue weighted by Gasteiger charge is 2.34. The molecule has 2 aromatic heterocycles. The molecule has 2 aromatic carbocycles. The zero-order valence-electron chi connectivity index (χ0n) is 22.4. The van der Waals surface area contributed by atoms with Crippen LogP contribution in [0, 0.1) is 0 Å². The van der Waals surface area contributed by atoms with E-state index in [2.05, 4.69) is 32.0 Å². The van der Waals surface area contributed by atoms with Gasteiger partial charge in [0.05, 0.1) is 22.8 Å². The molecule has 39 heavy (non-hydrogen) atoms. The van der Waals surface area contributed by atoms with E-state index in [9.17, 15) is 13.0 Å². The van der Waals surface area contributed by atoms with Gasteiger partial charge in [-0.1, -0.05) is 69.6 Å². The predicted octanol–water partition coefficient (Wildman–Crippen LogP) is 7.60. The number of anilines is 2. The average molecular weight is 559 g/mol. The summed E-state index contributed by atoms with van der Waals surface area (Å²) in [6, 6.07) is 19.9. The van der Waals surface area contributed by atoms with Gasteiger partial charge in [0, 0.05) is 33.3 Å². The van der Waals surface area contributed by atoms with Crippen LogP contribution in [0.4, 0.5) is 11.4 Å². The van der Waals surface area contributed by atoms with Crippen LogP contribution in [0.15, 0.2) is 82.8 Å². The third kappa shape index (κ3) is 5.33. The van der Waals surface area contributed by atoms with Gasteiger partial charge in [-0.2, -0.15) is 0 Å². The Kier molecular flexibility index (Phi) is 8.07. The van der Waals surface area contributed by atoms with E-state index in [0.29, 0.717) is 11.4 Å². The first-order valence-electron chi connectivity index (χ1n) is 13.4. The number of nitrogens with zero attached hydrogens (tertiary/aromatic N) is 3. The van der Waals surface area contributed by atoms with Crippen LogP contribution in [0.25, 0.3) is 22.5 Å². The minimum atomic E-state index is -4.65. The molecule has 1 aliphatic rings. The minimum absolute atomic E-state index is 0.152. The van der Waals surface area contributed by atoms with E-state index >= 15 is 0 Å². The fourth-order valence-corrected chi connectivity index (χ4v) is 7.40. The van der Waals surface area contributed by atoms with Crippen molar-refractivity contribution >= 4 is 33.3 Å². The van der Waals surface area contributed by atoms with Gasteiger partial charge in [0.1, 0.15) is 15.5 Å². The zero-order valence-corrected chi connectivity index (χ0v) is 24.1. The molecular formula is C31H32N3O3S2-. The van der Waals surface area contributed by atoms with Gasteiger partial charge in [0.15, 0.2) is 0 Å². The van der Waals surface area contributed by atoms with Gasteiger partial charge in [0.2, 0.25) is 0 Å². The molecular weight excluding hydrogens is 526 g/mol. The van der Waals surface area contributed by atoms with E-state index < -0.39 is 15.5 Å². The van der Waals surface area contributed by atoms with Crippen molar-refractivity contribution in [3.63, 3.8) is 0 Å². The molecule has 0 N–H and O–H groups in total. The fraction of sp³-hybridized carbons (Fsp3) is 0.290. The average Bonchev–Trinajstić information content (AvgIpc) is 2.93. The lowest BCUT2D eigenvalue weighted by atomic mass is 9.95. The lowest BCUT2D eigenvalue weighted by Gasteiger charge is -2.40. The lowest BCUT2D eigenvalue weighted by molar-refractivity contribution is 0.445. The summed E-state index contributed by atoms with van der Waals surface area (Å²) in [5.74, 6) is 0. The molecule has 0 fully saturated rings. The van der Waals surface area contributed by atoms with E-state index in [-0.39, 0.29) is 6.42 Å². The molecule has 0 saturated heterocycles. The molecule has 5 rings (SSSR count). The van der Waals surface area contributed by atoms with Crippen LogP contribution >= 0.6 is 11.8 Å². The monoisotopic (exact) mass is 558 g/mol. The highest BCUT2D eigenvalue weighted by molar-refractivity contribution is 8.00. The number of benzene rings is 2. The number of pyridine rings is 2. The Labute approximate surface area is 235 Å². The Bertz CT molecular complexity index is 1600. The molecule has 0 aliphatic carbocycles. The third-order valence-electron chi connectivity index (χ3n) is 6.99. The maximum atomic E-state index is 12.6. The van der Waals surface area contributed by atoms with Crippen molar-refractivity contribution in [3.05, 3.63) is 84.2 Å².